The largest absolute Gasteiger partial charge is 0.342 e. The van der Waals surface area contributed by atoms with E-state index < -0.39 is 0 Å². The highest BCUT2D eigenvalue weighted by Crippen LogP contribution is 2.30. The molecule has 0 radical (unpaired) electrons. The number of aryl methyl sites for hydroxylation is 1. The van der Waals surface area contributed by atoms with Crippen LogP contribution in [0.15, 0.2) is 52.3 Å². The molecule has 3 rings (SSSR count). The predicted octanol–water partition coefficient (Wildman–Crippen LogP) is 3.57. The summed E-state index contributed by atoms with van der Waals surface area (Å²) in [6.07, 6.45) is 3.53. The van der Waals surface area contributed by atoms with Gasteiger partial charge in [-0.05, 0) is 56.4 Å². The Balaban J connectivity index is 1.55. The standard InChI is InChI=1S/C20H24N2O2S/c1-14-3-5-18(6-4-14)25-15(2)20(24)22-11-8-16(9-12-22)17-7-10-21-19(23)13-17/h3-7,10,13,15-16H,8-9,11-12H2,1-2H3,(H,21,23). The Labute approximate surface area is 152 Å². The van der Waals surface area contributed by atoms with Crippen LogP contribution in [0.3, 0.4) is 0 Å². The molecule has 25 heavy (non-hydrogen) atoms. The number of likely N-dealkylation sites (tertiary alicyclic amines) is 1. The predicted molar refractivity (Wildman–Crippen MR) is 102 cm³/mol. The summed E-state index contributed by atoms with van der Waals surface area (Å²) in [5.74, 6) is 0.571. The molecule has 1 saturated heterocycles. The molecule has 1 fully saturated rings. The average molecular weight is 356 g/mol. The molecule has 1 aromatic heterocycles. The maximum atomic E-state index is 12.7. The van der Waals surface area contributed by atoms with E-state index in [1.807, 2.05) is 17.9 Å². The Kier molecular flexibility index (Phi) is 5.63. The molecule has 4 nitrogen and oxygen atoms in total. The summed E-state index contributed by atoms with van der Waals surface area (Å²) in [4.78, 5) is 29.9. The highest BCUT2D eigenvalue weighted by Gasteiger charge is 2.27. The first-order valence-corrected chi connectivity index (χ1v) is 9.61. The third-order valence-electron chi connectivity index (χ3n) is 4.76. The molecule has 1 N–H and O–H groups in total. The maximum Gasteiger partial charge on any atom is 0.248 e. The molecular weight excluding hydrogens is 332 g/mol. The number of carbonyl (C=O) groups excluding carboxylic acids is 1. The zero-order valence-electron chi connectivity index (χ0n) is 14.7. The zero-order chi connectivity index (χ0) is 17.8. The van der Waals surface area contributed by atoms with Crippen LogP contribution in [-0.4, -0.2) is 34.1 Å². The third-order valence-corrected chi connectivity index (χ3v) is 5.86. The van der Waals surface area contributed by atoms with Gasteiger partial charge in [-0.1, -0.05) is 17.7 Å². The zero-order valence-corrected chi connectivity index (χ0v) is 15.5. The molecular formula is C20H24N2O2S. The van der Waals surface area contributed by atoms with E-state index in [-0.39, 0.29) is 16.7 Å². The molecule has 1 aromatic carbocycles. The van der Waals surface area contributed by atoms with Crippen molar-refractivity contribution in [2.45, 2.75) is 42.8 Å². The van der Waals surface area contributed by atoms with E-state index >= 15 is 0 Å². The SMILES string of the molecule is Cc1ccc(SC(C)C(=O)N2CCC(c3cc[nH]c(=O)c3)CC2)cc1. The van der Waals surface area contributed by atoms with Gasteiger partial charge in [0.05, 0.1) is 5.25 Å². The Morgan fingerprint density at radius 3 is 2.52 bits per heavy atom. The minimum absolute atomic E-state index is 0.0564. The lowest BCUT2D eigenvalue weighted by Gasteiger charge is -2.33. The van der Waals surface area contributed by atoms with Crippen LogP contribution in [0.4, 0.5) is 0 Å². The monoisotopic (exact) mass is 356 g/mol. The van der Waals surface area contributed by atoms with Crippen molar-refractivity contribution in [2.75, 3.05) is 13.1 Å². The number of pyridine rings is 1. The lowest BCUT2D eigenvalue weighted by atomic mass is 9.90. The first-order valence-electron chi connectivity index (χ1n) is 8.73. The smallest absolute Gasteiger partial charge is 0.248 e. The third kappa shape index (κ3) is 4.54. The van der Waals surface area contributed by atoms with Crippen LogP contribution in [0.2, 0.25) is 0 Å². The molecule has 1 aliphatic heterocycles. The highest BCUT2D eigenvalue weighted by atomic mass is 32.2. The summed E-state index contributed by atoms with van der Waals surface area (Å²) in [7, 11) is 0. The molecule has 2 heterocycles. The van der Waals surface area contributed by atoms with E-state index in [0.29, 0.717) is 5.92 Å². The molecule has 5 heteroatoms. The lowest BCUT2D eigenvalue weighted by Crippen LogP contribution is -2.41. The number of thioether (sulfide) groups is 1. The van der Waals surface area contributed by atoms with Crippen molar-refractivity contribution in [3.8, 4) is 0 Å². The van der Waals surface area contributed by atoms with Gasteiger partial charge in [0.25, 0.3) is 0 Å². The number of aromatic amines is 1. The molecule has 1 atom stereocenters. The number of rotatable bonds is 4. The molecule has 0 saturated carbocycles. The maximum absolute atomic E-state index is 12.7. The van der Waals surface area contributed by atoms with Crippen LogP contribution in [0.1, 0.15) is 36.8 Å². The lowest BCUT2D eigenvalue weighted by molar-refractivity contribution is -0.131. The fourth-order valence-corrected chi connectivity index (χ4v) is 4.23. The van der Waals surface area contributed by atoms with Crippen molar-refractivity contribution in [3.63, 3.8) is 0 Å². The molecule has 1 aliphatic rings. The Morgan fingerprint density at radius 2 is 1.88 bits per heavy atom. The summed E-state index contributed by atoms with van der Waals surface area (Å²) in [6.45, 7) is 5.56. The number of nitrogens with zero attached hydrogens (tertiary/aromatic N) is 1. The second-order valence-corrected chi connectivity index (χ2v) is 8.07. The normalized spacial score (nSPS) is 16.6. The van der Waals surface area contributed by atoms with Gasteiger partial charge in [0.15, 0.2) is 0 Å². The van der Waals surface area contributed by atoms with Gasteiger partial charge in [-0.25, -0.2) is 0 Å². The van der Waals surface area contributed by atoms with Gasteiger partial charge in [0.1, 0.15) is 0 Å². The number of H-pyrrole nitrogens is 1. The number of carbonyl (C=O) groups is 1. The van der Waals surface area contributed by atoms with Crippen molar-refractivity contribution in [1.29, 1.82) is 0 Å². The number of benzene rings is 1. The second kappa shape index (κ2) is 7.91. The van der Waals surface area contributed by atoms with Gasteiger partial charge in [0.2, 0.25) is 11.5 Å². The van der Waals surface area contributed by atoms with E-state index in [0.717, 1.165) is 36.4 Å². The topological polar surface area (TPSA) is 53.2 Å². The van der Waals surface area contributed by atoms with E-state index in [9.17, 15) is 9.59 Å². The van der Waals surface area contributed by atoms with Crippen LogP contribution >= 0.6 is 11.8 Å². The van der Waals surface area contributed by atoms with Gasteiger partial charge in [-0.15, -0.1) is 11.8 Å². The number of amides is 1. The van der Waals surface area contributed by atoms with Gasteiger partial charge >= 0.3 is 0 Å². The average Bonchev–Trinajstić information content (AvgIpc) is 2.63. The summed E-state index contributed by atoms with van der Waals surface area (Å²) >= 11 is 1.62. The summed E-state index contributed by atoms with van der Waals surface area (Å²) in [6, 6.07) is 11.9. The van der Waals surface area contributed by atoms with E-state index in [2.05, 4.69) is 36.2 Å². The van der Waals surface area contributed by atoms with Crippen molar-refractivity contribution in [3.05, 3.63) is 64.1 Å². The van der Waals surface area contributed by atoms with Gasteiger partial charge in [-0.3, -0.25) is 9.59 Å². The van der Waals surface area contributed by atoms with Gasteiger partial charge < -0.3 is 9.88 Å². The Morgan fingerprint density at radius 1 is 1.20 bits per heavy atom. The fourth-order valence-electron chi connectivity index (χ4n) is 3.28. The number of piperidine rings is 1. The first kappa shape index (κ1) is 17.8. The summed E-state index contributed by atoms with van der Waals surface area (Å²) in [5.41, 5.74) is 2.25. The first-order chi connectivity index (χ1) is 12.0. The highest BCUT2D eigenvalue weighted by molar-refractivity contribution is 8.00. The van der Waals surface area contributed by atoms with Crippen LogP contribution in [0.25, 0.3) is 0 Å². The summed E-state index contributed by atoms with van der Waals surface area (Å²) in [5, 5.41) is -0.0844. The molecule has 1 unspecified atom stereocenters. The van der Waals surface area contributed by atoms with Crippen LogP contribution in [-0.2, 0) is 4.79 Å². The van der Waals surface area contributed by atoms with Crippen molar-refractivity contribution in [2.24, 2.45) is 0 Å². The van der Waals surface area contributed by atoms with Crippen molar-refractivity contribution < 1.29 is 4.79 Å². The van der Waals surface area contributed by atoms with Gasteiger partial charge in [0, 0.05) is 30.2 Å². The quantitative estimate of drug-likeness (QED) is 0.852. The van der Waals surface area contributed by atoms with E-state index in [1.165, 1.54) is 5.56 Å². The number of hydrogen-bond donors (Lipinski definition) is 1. The van der Waals surface area contributed by atoms with Gasteiger partial charge in [-0.2, -0.15) is 0 Å². The second-order valence-electron chi connectivity index (χ2n) is 6.66. The van der Waals surface area contributed by atoms with Crippen molar-refractivity contribution >= 4 is 17.7 Å². The van der Waals surface area contributed by atoms with Crippen LogP contribution in [0.5, 0.6) is 0 Å². The van der Waals surface area contributed by atoms with Crippen LogP contribution < -0.4 is 5.56 Å². The number of aromatic nitrogens is 1. The molecule has 0 bridgehead atoms. The Bertz CT molecular complexity index is 777. The van der Waals surface area contributed by atoms with E-state index in [4.69, 9.17) is 0 Å². The fraction of sp³-hybridized carbons (Fsp3) is 0.400. The Hall–Kier alpha value is -2.01. The van der Waals surface area contributed by atoms with Crippen molar-refractivity contribution in [1.82, 2.24) is 9.88 Å². The molecule has 2 aromatic rings. The molecule has 132 valence electrons. The number of hydrogen-bond acceptors (Lipinski definition) is 3. The van der Waals surface area contributed by atoms with Crippen LogP contribution in [0, 0.1) is 6.92 Å². The molecule has 0 spiro atoms. The number of nitrogens with one attached hydrogen (secondary N) is 1. The minimum Gasteiger partial charge on any atom is -0.342 e. The molecule has 1 amide bonds. The molecule has 0 aliphatic carbocycles. The summed E-state index contributed by atoms with van der Waals surface area (Å²) < 4.78 is 0. The van der Waals surface area contributed by atoms with E-state index in [1.54, 1.807) is 24.0 Å². The minimum atomic E-state index is -0.0844.